The van der Waals surface area contributed by atoms with E-state index in [1.54, 1.807) is 12.1 Å². The molecule has 0 aliphatic carbocycles. The highest BCUT2D eigenvalue weighted by molar-refractivity contribution is 9.10. The van der Waals surface area contributed by atoms with E-state index in [2.05, 4.69) is 20.7 Å². The Kier molecular flexibility index (Phi) is 3.35. The first-order valence-electron chi connectivity index (χ1n) is 3.82. The third kappa shape index (κ3) is 1.82. The standard InChI is InChI=1S/C9H10BrNO3/c1-13-8-6(10)4-3-5(7(8)11)9(12)14-2/h3-4H,11H2,1-2H3. The van der Waals surface area contributed by atoms with Crippen molar-refractivity contribution in [3.8, 4) is 5.75 Å². The topological polar surface area (TPSA) is 61.5 Å². The molecule has 0 saturated carbocycles. The van der Waals surface area contributed by atoms with Gasteiger partial charge in [-0.2, -0.15) is 0 Å². The van der Waals surface area contributed by atoms with Gasteiger partial charge in [0, 0.05) is 0 Å². The normalized spacial score (nSPS) is 9.64. The van der Waals surface area contributed by atoms with E-state index in [4.69, 9.17) is 10.5 Å². The van der Waals surface area contributed by atoms with Gasteiger partial charge in [-0.1, -0.05) is 0 Å². The molecule has 5 heteroatoms. The van der Waals surface area contributed by atoms with Crippen LogP contribution in [0.4, 0.5) is 5.69 Å². The van der Waals surface area contributed by atoms with Crippen molar-refractivity contribution in [1.82, 2.24) is 0 Å². The number of methoxy groups -OCH3 is 2. The van der Waals surface area contributed by atoms with Gasteiger partial charge in [-0.05, 0) is 28.1 Å². The molecule has 0 bridgehead atoms. The van der Waals surface area contributed by atoms with E-state index in [0.717, 1.165) is 0 Å². The number of hydrogen-bond donors (Lipinski definition) is 1. The summed E-state index contributed by atoms with van der Waals surface area (Å²) in [7, 11) is 2.79. The summed E-state index contributed by atoms with van der Waals surface area (Å²) in [4.78, 5) is 11.2. The molecule has 0 unspecified atom stereocenters. The molecule has 0 atom stereocenters. The van der Waals surface area contributed by atoms with Gasteiger partial charge >= 0.3 is 5.97 Å². The molecule has 0 aliphatic rings. The lowest BCUT2D eigenvalue weighted by Crippen LogP contribution is -2.07. The van der Waals surface area contributed by atoms with Crippen molar-refractivity contribution in [3.63, 3.8) is 0 Å². The van der Waals surface area contributed by atoms with Crippen LogP contribution < -0.4 is 10.5 Å². The summed E-state index contributed by atoms with van der Waals surface area (Å²) in [5.41, 5.74) is 6.29. The van der Waals surface area contributed by atoms with Gasteiger partial charge in [0.1, 0.15) is 0 Å². The highest BCUT2D eigenvalue weighted by Gasteiger charge is 2.15. The minimum atomic E-state index is -0.478. The second kappa shape index (κ2) is 4.32. The number of carbonyl (C=O) groups is 1. The van der Waals surface area contributed by atoms with Gasteiger partial charge in [0.2, 0.25) is 0 Å². The highest BCUT2D eigenvalue weighted by Crippen LogP contribution is 2.33. The molecule has 2 N–H and O–H groups in total. The number of anilines is 1. The van der Waals surface area contributed by atoms with E-state index in [1.165, 1.54) is 14.2 Å². The van der Waals surface area contributed by atoms with Crippen LogP contribution in [-0.4, -0.2) is 20.2 Å². The van der Waals surface area contributed by atoms with E-state index in [-0.39, 0.29) is 5.69 Å². The number of halogens is 1. The molecule has 0 spiro atoms. The van der Waals surface area contributed by atoms with Gasteiger partial charge in [0.15, 0.2) is 5.75 Å². The molecule has 14 heavy (non-hydrogen) atoms. The first-order valence-corrected chi connectivity index (χ1v) is 4.61. The van der Waals surface area contributed by atoms with E-state index >= 15 is 0 Å². The number of hydrogen-bond acceptors (Lipinski definition) is 4. The lowest BCUT2D eigenvalue weighted by molar-refractivity contribution is 0.0601. The number of rotatable bonds is 2. The smallest absolute Gasteiger partial charge is 0.340 e. The quantitative estimate of drug-likeness (QED) is 0.650. The number of benzene rings is 1. The average Bonchev–Trinajstić information content (AvgIpc) is 2.18. The molecule has 0 radical (unpaired) electrons. The van der Waals surface area contributed by atoms with Crippen molar-refractivity contribution < 1.29 is 14.3 Å². The van der Waals surface area contributed by atoms with Crippen LogP contribution in [0.1, 0.15) is 10.4 Å². The van der Waals surface area contributed by atoms with Crippen LogP contribution in [0, 0.1) is 0 Å². The maximum absolute atomic E-state index is 11.2. The Labute approximate surface area is 90.1 Å². The second-order valence-corrected chi connectivity index (χ2v) is 3.39. The van der Waals surface area contributed by atoms with Gasteiger partial charge < -0.3 is 15.2 Å². The molecule has 1 aromatic carbocycles. The van der Waals surface area contributed by atoms with Crippen LogP contribution in [0.2, 0.25) is 0 Å². The summed E-state index contributed by atoms with van der Waals surface area (Å²) in [5.74, 6) is -0.0406. The Bertz CT molecular complexity index is 365. The van der Waals surface area contributed by atoms with Gasteiger partial charge in [-0.25, -0.2) is 4.79 Å². The van der Waals surface area contributed by atoms with Gasteiger partial charge in [-0.3, -0.25) is 0 Å². The summed E-state index contributed by atoms with van der Waals surface area (Å²) >= 11 is 3.26. The average molecular weight is 260 g/mol. The molecule has 0 aliphatic heterocycles. The van der Waals surface area contributed by atoms with Gasteiger partial charge in [-0.15, -0.1) is 0 Å². The number of ether oxygens (including phenoxy) is 2. The first kappa shape index (κ1) is 10.8. The van der Waals surface area contributed by atoms with Crippen molar-refractivity contribution >= 4 is 27.6 Å². The zero-order valence-electron chi connectivity index (χ0n) is 7.83. The van der Waals surface area contributed by atoms with E-state index in [0.29, 0.717) is 15.8 Å². The number of nitrogen functional groups attached to an aromatic ring is 1. The molecule has 0 saturated heterocycles. The Balaban J connectivity index is 3.28. The van der Waals surface area contributed by atoms with Crippen molar-refractivity contribution in [3.05, 3.63) is 22.2 Å². The molecular formula is C9H10BrNO3. The SMILES string of the molecule is COC(=O)c1ccc(Br)c(OC)c1N. The summed E-state index contributed by atoms with van der Waals surface area (Å²) in [6.07, 6.45) is 0. The molecule has 0 heterocycles. The van der Waals surface area contributed by atoms with Gasteiger partial charge in [0.25, 0.3) is 0 Å². The van der Waals surface area contributed by atoms with Gasteiger partial charge in [0.05, 0.1) is 29.9 Å². The molecule has 76 valence electrons. The highest BCUT2D eigenvalue weighted by atomic mass is 79.9. The maximum atomic E-state index is 11.2. The minimum absolute atomic E-state index is 0.272. The number of nitrogens with two attached hydrogens (primary N) is 1. The fourth-order valence-electron chi connectivity index (χ4n) is 1.07. The predicted octanol–water partition coefficient (Wildman–Crippen LogP) is 1.83. The molecule has 0 aromatic heterocycles. The Morgan fingerprint density at radius 1 is 1.43 bits per heavy atom. The fraction of sp³-hybridized carbons (Fsp3) is 0.222. The first-order chi connectivity index (χ1) is 6.61. The zero-order chi connectivity index (χ0) is 10.7. The zero-order valence-corrected chi connectivity index (χ0v) is 9.42. The number of carbonyl (C=O) groups excluding carboxylic acids is 1. The van der Waals surface area contributed by atoms with Crippen LogP contribution in [0.15, 0.2) is 16.6 Å². The van der Waals surface area contributed by atoms with Crippen LogP contribution in [0.3, 0.4) is 0 Å². The summed E-state index contributed by atoms with van der Waals surface area (Å²) in [5, 5.41) is 0. The van der Waals surface area contributed by atoms with Crippen molar-refractivity contribution in [2.45, 2.75) is 0 Å². The lowest BCUT2D eigenvalue weighted by atomic mass is 10.1. The Hall–Kier alpha value is -1.23. The molecule has 1 rings (SSSR count). The summed E-state index contributed by atoms with van der Waals surface area (Å²) in [6, 6.07) is 3.26. The molecule has 0 amide bonds. The van der Waals surface area contributed by atoms with E-state index in [9.17, 15) is 4.79 Å². The fourth-order valence-corrected chi connectivity index (χ4v) is 1.58. The van der Waals surface area contributed by atoms with Crippen LogP contribution in [0.25, 0.3) is 0 Å². The molecule has 1 aromatic rings. The van der Waals surface area contributed by atoms with Crippen LogP contribution in [0.5, 0.6) is 5.75 Å². The minimum Gasteiger partial charge on any atom is -0.493 e. The number of esters is 1. The second-order valence-electron chi connectivity index (χ2n) is 2.53. The van der Waals surface area contributed by atoms with Crippen LogP contribution in [-0.2, 0) is 4.74 Å². The van der Waals surface area contributed by atoms with E-state index in [1.807, 2.05) is 0 Å². The third-order valence-electron chi connectivity index (χ3n) is 1.76. The predicted molar refractivity (Wildman–Crippen MR) is 56.4 cm³/mol. The third-order valence-corrected chi connectivity index (χ3v) is 2.38. The summed E-state index contributed by atoms with van der Waals surface area (Å²) in [6.45, 7) is 0. The Morgan fingerprint density at radius 2 is 2.07 bits per heavy atom. The van der Waals surface area contributed by atoms with Crippen molar-refractivity contribution in [2.75, 3.05) is 20.0 Å². The van der Waals surface area contributed by atoms with Crippen molar-refractivity contribution in [1.29, 1.82) is 0 Å². The Morgan fingerprint density at radius 3 is 2.57 bits per heavy atom. The monoisotopic (exact) mass is 259 g/mol. The largest absolute Gasteiger partial charge is 0.493 e. The summed E-state index contributed by atoms with van der Waals surface area (Å²) < 4.78 is 10.3. The lowest BCUT2D eigenvalue weighted by Gasteiger charge is -2.10. The maximum Gasteiger partial charge on any atom is 0.340 e. The molecular weight excluding hydrogens is 250 g/mol. The van der Waals surface area contributed by atoms with Crippen molar-refractivity contribution in [2.24, 2.45) is 0 Å². The molecule has 4 nitrogen and oxygen atoms in total. The van der Waals surface area contributed by atoms with Crippen LogP contribution >= 0.6 is 15.9 Å². The van der Waals surface area contributed by atoms with E-state index < -0.39 is 5.97 Å². The molecule has 0 fully saturated rings.